The predicted molar refractivity (Wildman–Crippen MR) is 162 cm³/mol. The van der Waals surface area contributed by atoms with Crippen LogP contribution in [0.4, 0.5) is 0 Å². The first-order valence-corrected chi connectivity index (χ1v) is 13.4. The summed E-state index contributed by atoms with van der Waals surface area (Å²) in [5.41, 5.74) is 10.5. The molecular weight excluding hydrogens is 444 g/mol. The first-order valence-electron chi connectivity index (χ1n) is 13.4. The minimum Gasteiger partial charge on any atom is -0.0952 e. The lowest BCUT2D eigenvalue weighted by atomic mass is 9.78. The Morgan fingerprint density at radius 2 is 1.46 bits per heavy atom. The normalized spacial score (nSPS) is 18.3. The van der Waals surface area contributed by atoms with Gasteiger partial charge in [-0.25, -0.2) is 0 Å². The number of allylic oxidation sites excluding steroid dienone is 9. The molecule has 1 aliphatic carbocycles. The van der Waals surface area contributed by atoms with Crippen molar-refractivity contribution >= 4 is 5.57 Å². The van der Waals surface area contributed by atoms with Crippen LogP contribution in [0.5, 0.6) is 0 Å². The van der Waals surface area contributed by atoms with Crippen molar-refractivity contribution in [2.75, 3.05) is 0 Å². The summed E-state index contributed by atoms with van der Waals surface area (Å²) in [6.45, 7) is 13.1. The largest absolute Gasteiger partial charge is 0.0952 e. The second-order valence-electron chi connectivity index (χ2n) is 10.9. The molecule has 0 fully saturated rings. The molecule has 0 aliphatic heterocycles. The van der Waals surface area contributed by atoms with E-state index in [4.69, 9.17) is 0 Å². The molecule has 2 unspecified atom stereocenters. The van der Waals surface area contributed by atoms with E-state index >= 15 is 0 Å². The third kappa shape index (κ3) is 7.43. The molecule has 37 heavy (non-hydrogen) atoms. The summed E-state index contributed by atoms with van der Waals surface area (Å²) in [7, 11) is 0. The van der Waals surface area contributed by atoms with Gasteiger partial charge in [0.25, 0.3) is 0 Å². The van der Waals surface area contributed by atoms with Crippen LogP contribution in [0.25, 0.3) is 5.57 Å². The van der Waals surface area contributed by atoms with Crippen LogP contribution in [0.2, 0.25) is 0 Å². The van der Waals surface area contributed by atoms with Crippen molar-refractivity contribution < 1.29 is 0 Å². The first kappa shape index (κ1) is 26.4. The molecular formula is C37H40. The molecule has 0 bridgehead atoms. The van der Waals surface area contributed by atoms with Gasteiger partial charge in [-0.2, -0.15) is 0 Å². The molecule has 1 aliphatic rings. The molecule has 3 aromatic rings. The highest BCUT2D eigenvalue weighted by Crippen LogP contribution is 2.36. The van der Waals surface area contributed by atoms with Gasteiger partial charge in [0, 0.05) is 5.92 Å². The standard InChI is InChI=1S/C37H40/c1-28-10-14-32(15-11-28)27-33-16-20-35(21-17-33)36-22-25-37(5,26-23-36)24-8-6-7-9-30(3)31(4)34-18-12-29(2)13-19-34/h6-23,25,31H,3,24,26-27H2,1-2,4-5H3/b8-6-,9-7-. The monoisotopic (exact) mass is 484 g/mol. The minimum atomic E-state index is 0.158. The van der Waals surface area contributed by atoms with E-state index in [0.717, 1.165) is 24.8 Å². The second-order valence-corrected chi connectivity index (χ2v) is 10.9. The number of hydrogen-bond acceptors (Lipinski definition) is 0. The molecule has 3 aromatic carbocycles. The molecule has 4 rings (SSSR count). The van der Waals surface area contributed by atoms with Gasteiger partial charge in [-0.05, 0) is 71.9 Å². The van der Waals surface area contributed by atoms with E-state index in [1.165, 1.54) is 39.0 Å². The lowest BCUT2D eigenvalue weighted by Crippen LogP contribution is -2.13. The summed E-state index contributed by atoms with van der Waals surface area (Å²) in [5, 5.41) is 0. The van der Waals surface area contributed by atoms with Crippen LogP contribution in [0.15, 0.2) is 127 Å². The van der Waals surface area contributed by atoms with Crippen molar-refractivity contribution in [2.45, 2.75) is 52.9 Å². The fourth-order valence-electron chi connectivity index (χ4n) is 4.70. The van der Waals surface area contributed by atoms with Gasteiger partial charge in [0.15, 0.2) is 0 Å². The molecule has 0 amide bonds. The van der Waals surface area contributed by atoms with Gasteiger partial charge < -0.3 is 0 Å². The van der Waals surface area contributed by atoms with Gasteiger partial charge >= 0.3 is 0 Å². The quantitative estimate of drug-likeness (QED) is 0.265. The summed E-state index contributed by atoms with van der Waals surface area (Å²) in [5.74, 6) is 0.323. The fraction of sp³-hybridized carbons (Fsp3) is 0.243. The number of benzene rings is 3. The molecule has 0 N–H and O–H groups in total. The molecule has 0 radical (unpaired) electrons. The zero-order chi connectivity index (χ0) is 26.3. The number of rotatable bonds is 9. The predicted octanol–water partition coefficient (Wildman–Crippen LogP) is 10.1. The Kier molecular flexibility index (Phi) is 8.62. The van der Waals surface area contributed by atoms with E-state index in [1.807, 2.05) is 0 Å². The zero-order valence-electron chi connectivity index (χ0n) is 22.9. The third-order valence-corrected chi connectivity index (χ3v) is 7.54. The van der Waals surface area contributed by atoms with Crippen LogP contribution in [-0.2, 0) is 6.42 Å². The van der Waals surface area contributed by atoms with Gasteiger partial charge in [0.2, 0.25) is 0 Å². The maximum absolute atomic E-state index is 4.28. The molecule has 0 aromatic heterocycles. The van der Waals surface area contributed by atoms with E-state index in [1.54, 1.807) is 0 Å². The topological polar surface area (TPSA) is 0 Å². The summed E-state index contributed by atoms with van der Waals surface area (Å²) < 4.78 is 0. The van der Waals surface area contributed by atoms with Crippen molar-refractivity contribution in [1.82, 2.24) is 0 Å². The van der Waals surface area contributed by atoms with Crippen molar-refractivity contribution in [1.29, 1.82) is 0 Å². The molecule has 188 valence electrons. The van der Waals surface area contributed by atoms with Gasteiger partial charge in [-0.1, -0.05) is 147 Å². The van der Waals surface area contributed by atoms with Crippen molar-refractivity contribution in [3.8, 4) is 0 Å². The van der Waals surface area contributed by atoms with Crippen LogP contribution in [0.1, 0.15) is 66.0 Å². The molecule has 0 saturated carbocycles. The van der Waals surface area contributed by atoms with E-state index in [0.29, 0.717) is 5.92 Å². The molecule has 2 atom stereocenters. The van der Waals surface area contributed by atoms with Gasteiger partial charge in [-0.3, -0.25) is 0 Å². The second kappa shape index (κ2) is 12.1. The van der Waals surface area contributed by atoms with Crippen LogP contribution in [-0.4, -0.2) is 0 Å². The highest BCUT2D eigenvalue weighted by Gasteiger charge is 2.21. The molecule has 0 heterocycles. The van der Waals surface area contributed by atoms with E-state index in [9.17, 15) is 0 Å². The summed E-state index contributed by atoms with van der Waals surface area (Å²) in [4.78, 5) is 0. The average molecular weight is 485 g/mol. The van der Waals surface area contributed by atoms with Gasteiger partial charge in [-0.15, -0.1) is 0 Å². The Hall–Kier alpha value is -3.64. The van der Waals surface area contributed by atoms with Crippen molar-refractivity contribution in [3.05, 3.63) is 161 Å². The molecule has 0 nitrogen and oxygen atoms in total. The molecule has 0 heteroatoms. The minimum absolute atomic E-state index is 0.158. The van der Waals surface area contributed by atoms with E-state index in [2.05, 4.69) is 150 Å². The van der Waals surface area contributed by atoms with Gasteiger partial charge in [0.05, 0.1) is 0 Å². The summed E-state index contributed by atoms with van der Waals surface area (Å²) in [6, 6.07) is 26.6. The Labute approximate surface area is 224 Å². The first-order chi connectivity index (χ1) is 17.8. The smallest absolute Gasteiger partial charge is 0.00551 e. The maximum Gasteiger partial charge on any atom is 0.00551 e. The summed E-state index contributed by atoms with van der Waals surface area (Å²) >= 11 is 0. The lowest BCUT2D eigenvalue weighted by molar-refractivity contribution is 0.437. The maximum atomic E-state index is 4.28. The molecule has 0 saturated heterocycles. The Balaban J connectivity index is 1.27. The van der Waals surface area contributed by atoms with Crippen LogP contribution >= 0.6 is 0 Å². The fourth-order valence-corrected chi connectivity index (χ4v) is 4.70. The van der Waals surface area contributed by atoms with E-state index in [-0.39, 0.29) is 5.41 Å². The van der Waals surface area contributed by atoms with Crippen molar-refractivity contribution in [2.24, 2.45) is 5.41 Å². The Bertz CT molecular complexity index is 1310. The van der Waals surface area contributed by atoms with Crippen LogP contribution in [0, 0.1) is 19.3 Å². The SMILES string of the molecule is C=C(/C=C\C=C/CC1(C)C=CC(c2ccc(Cc3ccc(C)cc3)cc2)=CC1)C(C)c1ccc(C)cc1. The number of hydrogen-bond donors (Lipinski definition) is 0. The highest BCUT2D eigenvalue weighted by molar-refractivity contribution is 5.75. The highest BCUT2D eigenvalue weighted by atomic mass is 14.3. The molecule has 0 spiro atoms. The summed E-state index contributed by atoms with van der Waals surface area (Å²) in [6.07, 6.45) is 18.8. The van der Waals surface area contributed by atoms with Crippen molar-refractivity contribution in [3.63, 3.8) is 0 Å². The van der Waals surface area contributed by atoms with Gasteiger partial charge in [0.1, 0.15) is 0 Å². The lowest BCUT2D eigenvalue weighted by Gasteiger charge is -2.27. The van der Waals surface area contributed by atoms with Crippen LogP contribution < -0.4 is 0 Å². The Morgan fingerprint density at radius 3 is 2.05 bits per heavy atom. The van der Waals surface area contributed by atoms with Crippen LogP contribution in [0.3, 0.4) is 0 Å². The zero-order valence-corrected chi connectivity index (χ0v) is 22.9. The average Bonchev–Trinajstić information content (AvgIpc) is 2.91. The Morgan fingerprint density at radius 1 is 0.865 bits per heavy atom. The number of aryl methyl sites for hydroxylation is 2. The van der Waals surface area contributed by atoms with E-state index < -0.39 is 0 Å². The third-order valence-electron chi connectivity index (χ3n) is 7.54.